The highest BCUT2D eigenvalue weighted by atomic mass is 16.4. The molecule has 3 fully saturated rings. The molecule has 5 nitrogen and oxygen atoms in total. The highest BCUT2D eigenvalue weighted by Crippen LogP contribution is 2.44. The van der Waals surface area contributed by atoms with Gasteiger partial charge in [-0.1, -0.05) is 0 Å². The molecule has 1 N–H and O–H groups in total. The molecule has 20 heavy (non-hydrogen) atoms. The Morgan fingerprint density at radius 2 is 2.20 bits per heavy atom. The molecule has 0 radical (unpaired) electrons. The average molecular weight is 278 g/mol. The fourth-order valence-corrected chi connectivity index (χ4v) is 3.86. The van der Waals surface area contributed by atoms with Crippen molar-refractivity contribution in [2.45, 2.75) is 44.8 Å². The lowest BCUT2D eigenvalue weighted by Gasteiger charge is -2.57. The summed E-state index contributed by atoms with van der Waals surface area (Å²) in [6.45, 7) is 3.21. The fourth-order valence-electron chi connectivity index (χ4n) is 3.86. The first kappa shape index (κ1) is 13.5. The molecule has 4 rings (SSSR count). The Labute approximate surface area is 119 Å². The van der Waals surface area contributed by atoms with E-state index in [0.29, 0.717) is 6.54 Å². The standard InChI is InChI=1S/C15H22N2O3/c1-11-3-4-13(20-11)10-17(14(18)19)15-7-5-12(6-8-15)9-16(15)2/h3-4,12H,5-10H2,1-2H3,(H,18,19). The Hall–Kier alpha value is -1.49. The van der Waals surface area contributed by atoms with Crippen LogP contribution in [0, 0.1) is 12.8 Å². The molecule has 2 bridgehead atoms. The number of rotatable bonds is 3. The quantitative estimate of drug-likeness (QED) is 0.923. The maximum atomic E-state index is 11.8. The van der Waals surface area contributed by atoms with E-state index in [1.54, 1.807) is 4.90 Å². The van der Waals surface area contributed by atoms with Crippen molar-refractivity contribution in [2.24, 2.45) is 5.92 Å². The summed E-state index contributed by atoms with van der Waals surface area (Å²) >= 11 is 0. The zero-order chi connectivity index (χ0) is 14.3. The molecule has 0 spiro atoms. The van der Waals surface area contributed by atoms with Crippen molar-refractivity contribution in [3.63, 3.8) is 0 Å². The number of hydrogen-bond donors (Lipinski definition) is 1. The van der Waals surface area contributed by atoms with Crippen LogP contribution in [0.2, 0.25) is 0 Å². The lowest BCUT2D eigenvalue weighted by Crippen LogP contribution is -2.66. The van der Waals surface area contributed by atoms with Crippen molar-refractivity contribution in [1.82, 2.24) is 9.80 Å². The van der Waals surface area contributed by atoms with Gasteiger partial charge in [0.05, 0.1) is 12.2 Å². The predicted octanol–water partition coefficient (Wildman–Crippen LogP) is 2.90. The predicted molar refractivity (Wildman–Crippen MR) is 74.3 cm³/mol. The van der Waals surface area contributed by atoms with Gasteiger partial charge in [0, 0.05) is 6.54 Å². The number of aryl methyl sites for hydroxylation is 1. The van der Waals surface area contributed by atoms with E-state index < -0.39 is 6.09 Å². The summed E-state index contributed by atoms with van der Waals surface area (Å²) in [7, 11) is 2.05. The molecule has 0 unspecified atom stereocenters. The van der Waals surface area contributed by atoms with Crippen molar-refractivity contribution < 1.29 is 14.3 Å². The third kappa shape index (κ3) is 2.10. The van der Waals surface area contributed by atoms with Crippen LogP contribution >= 0.6 is 0 Å². The molecule has 0 aromatic carbocycles. The molecule has 1 aliphatic carbocycles. The van der Waals surface area contributed by atoms with Gasteiger partial charge in [0.1, 0.15) is 11.5 Å². The van der Waals surface area contributed by atoms with E-state index in [-0.39, 0.29) is 5.66 Å². The number of carbonyl (C=O) groups is 1. The van der Waals surface area contributed by atoms with Crippen LogP contribution in [-0.2, 0) is 6.54 Å². The van der Waals surface area contributed by atoms with Crippen LogP contribution in [0.1, 0.15) is 37.2 Å². The minimum Gasteiger partial charge on any atom is -0.465 e. The van der Waals surface area contributed by atoms with Crippen molar-refractivity contribution in [2.75, 3.05) is 13.6 Å². The molecular formula is C15H22N2O3. The summed E-state index contributed by atoms with van der Waals surface area (Å²) in [5.41, 5.74) is -0.346. The van der Waals surface area contributed by atoms with Gasteiger partial charge in [-0.3, -0.25) is 9.80 Å². The van der Waals surface area contributed by atoms with Gasteiger partial charge >= 0.3 is 6.09 Å². The second-order valence-electron chi connectivity index (χ2n) is 6.19. The minimum absolute atomic E-state index is 0.332. The Morgan fingerprint density at radius 3 is 2.70 bits per heavy atom. The molecule has 1 amide bonds. The van der Waals surface area contributed by atoms with Crippen LogP contribution in [0.3, 0.4) is 0 Å². The summed E-state index contributed by atoms with van der Waals surface area (Å²) in [5.74, 6) is 2.28. The smallest absolute Gasteiger partial charge is 0.409 e. The summed E-state index contributed by atoms with van der Waals surface area (Å²) < 4.78 is 5.57. The second-order valence-corrected chi connectivity index (χ2v) is 6.19. The maximum Gasteiger partial charge on any atom is 0.409 e. The largest absolute Gasteiger partial charge is 0.465 e. The third-order valence-electron chi connectivity index (χ3n) is 4.99. The molecule has 1 saturated carbocycles. The summed E-state index contributed by atoms with van der Waals surface area (Å²) in [6, 6.07) is 3.75. The Balaban J connectivity index is 1.87. The van der Waals surface area contributed by atoms with Crippen molar-refractivity contribution in [1.29, 1.82) is 0 Å². The molecule has 5 heteroatoms. The van der Waals surface area contributed by atoms with Crippen LogP contribution < -0.4 is 0 Å². The van der Waals surface area contributed by atoms with E-state index in [0.717, 1.165) is 49.7 Å². The number of piperidine rings is 2. The van der Waals surface area contributed by atoms with Crippen molar-refractivity contribution in [3.05, 3.63) is 23.7 Å². The van der Waals surface area contributed by atoms with Gasteiger partial charge in [-0.25, -0.2) is 4.79 Å². The van der Waals surface area contributed by atoms with E-state index in [2.05, 4.69) is 11.9 Å². The van der Waals surface area contributed by atoms with Gasteiger partial charge in [0.25, 0.3) is 0 Å². The highest BCUT2D eigenvalue weighted by Gasteiger charge is 2.50. The van der Waals surface area contributed by atoms with Crippen LogP contribution in [0.5, 0.6) is 0 Å². The number of fused-ring (bicyclic) bond motifs is 3. The van der Waals surface area contributed by atoms with Gasteiger partial charge in [0.15, 0.2) is 0 Å². The molecule has 0 atom stereocenters. The SMILES string of the molecule is Cc1ccc(CN(C(=O)O)C23CCC(CC2)CN3C)o1. The lowest BCUT2D eigenvalue weighted by molar-refractivity contribution is -0.115. The number of nitrogens with zero attached hydrogens (tertiary/aromatic N) is 2. The van der Waals surface area contributed by atoms with Crippen LogP contribution in [0.15, 0.2) is 16.5 Å². The summed E-state index contributed by atoms with van der Waals surface area (Å²) in [4.78, 5) is 15.6. The van der Waals surface area contributed by atoms with Gasteiger partial charge in [-0.2, -0.15) is 0 Å². The van der Waals surface area contributed by atoms with E-state index in [4.69, 9.17) is 4.42 Å². The molecule has 3 aliphatic rings. The van der Waals surface area contributed by atoms with Crippen molar-refractivity contribution in [3.8, 4) is 0 Å². The molecular weight excluding hydrogens is 256 g/mol. The van der Waals surface area contributed by atoms with Crippen molar-refractivity contribution >= 4 is 6.09 Å². The molecule has 1 aromatic rings. The van der Waals surface area contributed by atoms with Gasteiger partial charge in [0.2, 0.25) is 0 Å². The molecule has 2 saturated heterocycles. The molecule has 3 heterocycles. The lowest BCUT2D eigenvalue weighted by atomic mass is 9.75. The first-order valence-electron chi connectivity index (χ1n) is 7.28. The molecule has 1 aromatic heterocycles. The number of amides is 1. The van der Waals surface area contributed by atoms with Gasteiger partial charge in [-0.15, -0.1) is 0 Å². The third-order valence-corrected chi connectivity index (χ3v) is 4.99. The minimum atomic E-state index is -0.855. The van der Waals surface area contributed by atoms with Crippen LogP contribution in [0.4, 0.5) is 4.79 Å². The number of hydrogen-bond acceptors (Lipinski definition) is 3. The van der Waals surface area contributed by atoms with E-state index in [1.165, 1.54) is 0 Å². The van der Waals surface area contributed by atoms with Crippen LogP contribution in [-0.4, -0.2) is 40.3 Å². The first-order valence-corrected chi connectivity index (χ1v) is 7.28. The van der Waals surface area contributed by atoms with Gasteiger partial charge in [-0.05, 0) is 57.7 Å². The second kappa shape index (κ2) is 4.81. The van der Waals surface area contributed by atoms with E-state index >= 15 is 0 Å². The Kier molecular flexibility index (Phi) is 3.24. The van der Waals surface area contributed by atoms with Crippen LogP contribution in [0.25, 0.3) is 0 Å². The van der Waals surface area contributed by atoms with Gasteiger partial charge < -0.3 is 9.52 Å². The molecule has 110 valence electrons. The maximum absolute atomic E-state index is 11.8. The summed E-state index contributed by atoms with van der Waals surface area (Å²) in [6.07, 6.45) is 3.27. The monoisotopic (exact) mass is 278 g/mol. The van der Waals surface area contributed by atoms with E-state index in [9.17, 15) is 9.90 Å². The zero-order valence-electron chi connectivity index (χ0n) is 12.1. The Bertz CT molecular complexity index is 503. The fraction of sp³-hybridized carbons (Fsp3) is 0.667. The normalized spacial score (nSPS) is 29.6. The highest BCUT2D eigenvalue weighted by molar-refractivity contribution is 5.66. The first-order chi connectivity index (χ1) is 9.51. The Morgan fingerprint density at radius 1 is 1.50 bits per heavy atom. The molecule has 2 aliphatic heterocycles. The zero-order valence-corrected chi connectivity index (χ0v) is 12.1. The number of furan rings is 1. The van der Waals surface area contributed by atoms with E-state index in [1.807, 2.05) is 19.1 Å². The topological polar surface area (TPSA) is 56.9 Å². The summed E-state index contributed by atoms with van der Waals surface area (Å²) in [5, 5.41) is 9.68. The average Bonchev–Trinajstić information content (AvgIpc) is 2.83. The number of carboxylic acid groups (broad SMARTS) is 1.